The minimum atomic E-state index is -0.142. The normalized spacial score (nSPS) is 10.9. The minimum absolute atomic E-state index is 0.0151. The Kier molecular flexibility index (Phi) is 9.53. The number of ether oxygens (including phenoxy) is 1. The Bertz CT molecular complexity index is 1090. The summed E-state index contributed by atoms with van der Waals surface area (Å²) in [7, 11) is 1.67. The van der Waals surface area contributed by atoms with Crippen LogP contribution < -0.4 is 4.74 Å². The third kappa shape index (κ3) is 7.47. The molecular weight excluding hydrogens is 438 g/mol. The lowest BCUT2D eigenvalue weighted by Gasteiger charge is -2.29. The van der Waals surface area contributed by atoms with Gasteiger partial charge in [-0.25, -0.2) is 0 Å². The maximum absolute atomic E-state index is 13.5. The van der Waals surface area contributed by atoms with Crippen LogP contribution in [0.3, 0.4) is 0 Å². The first kappa shape index (κ1) is 26.1. The van der Waals surface area contributed by atoms with E-state index < -0.39 is 0 Å². The molecule has 3 aromatic rings. The van der Waals surface area contributed by atoms with Gasteiger partial charge in [-0.2, -0.15) is 0 Å². The second-order valence-corrected chi connectivity index (χ2v) is 9.13. The zero-order valence-corrected chi connectivity index (χ0v) is 21.3. The highest BCUT2D eigenvalue weighted by Crippen LogP contribution is 2.17. The molecule has 0 fully saturated rings. The predicted octanol–water partition coefficient (Wildman–Crippen LogP) is 4.97. The fourth-order valence-electron chi connectivity index (χ4n) is 4.11. The van der Waals surface area contributed by atoms with Crippen LogP contribution in [0.1, 0.15) is 44.0 Å². The summed E-state index contributed by atoms with van der Waals surface area (Å²) in [6.07, 6.45) is 2.85. The molecule has 0 saturated carbocycles. The predicted molar refractivity (Wildman–Crippen MR) is 139 cm³/mol. The molecule has 3 rings (SSSR count). The van der Waals surface area contributed by atoms with Crippen LogP contribution in [0.2, 0.25) is 0 Å². The first-order valence-electron chi connectivity index (χ1n) is 12.3. The molecule has 0 unspecified atom stereocenters. The smallest absolute Gasteiger partial charge is 0.242 e. The van der Waals surface area contributed by atoms with Crippen molar-refractivity contribution in [1.29, 1.82) is 0 Å². The van der Waals surface area contributed by atoms with Crippen molar-refractivity contribution in [1.82, 2.24) is 14.4 Å². The number of amides is 2. The monoisotopic (exact) mass is 475 g/mol. The van der Waals surface area contributed by atoms with Crippen LogP contribution in [0.4, 0.5) is 0 Å². The van der Waals surface area contributed by atoms with Crippen LogP contribution in [0.5, 0.6) is 5.75 Å². The Morgan fingerprint density at radius 2 is 1.66 bits per heavy atom. The highest BCUT2D eigenvalue weighted by Gasteiger charge is 2.23. The topological polar surface area (TPSA) is 54.8 Å². The Morgan fingerprint density at radius 1 is 0.914 bits per heavy atom. The lowest BCUT2D eigenvalue weighted by atomic mass is 10.1. The summed E-state index contributed by atoms with van der Waals surface area (Å²) in [6, 6.07) is 22.1. The fraction of sp³-hybridized carbons (Fsp3) is 0.379. The molecule has 6 heteroatoms. The van der Waals surface area contributed by atoms with Gasteiger partial charge >= 0.3 is 0 Å². The third-order valence-electron chi connectivity index (χ3n) is 5.96. The molecule has 0 aliphatic carbocycles. The van der Waals surface area contributed by atoms with E-state index in [4.69, 9.17) is 4.74 Å². The highest BCUT2D eigenvalue weighted by atomic mass is 16.5. The Morgan fingerprint density at radius 3 is 2.34 bits per heavy atom. The molecule has 1 aromatic heterocycles. The number of hydrogen-bond acceptors (Lipinski definition) is 3. The Labute approximate surface area is 209 Å². The SMILES string of the molecule is CCCN(CC(=O)N(Cc1ccccc1)Cc1cccn1Cc1cccc(OC)c1)C(=O)C(C)C. The maximum Gasteiger partial charge on any atom is 0.242 e. The largest absolute Gasteiger partial charge is 0.497 e. The summed E-state index contributed by atoms with van der Waals surface area (Å²) in [5.74, 6) is 0.645. The zero-order valence-electron chi connectivity index (χ0n) is 21.3. The second-order valence-electron chi connectivity index (χ2n) is 9.13. The van der Waals surface area contributed by atoms with Gasteiger partial charge in [0.1, 0.15) is 5.75 Å². The van der Waals surface area contributed by atoms with E-state index in [9.17, 15) is 9.59 Å². The molecule has 0 aliphatic rings. The molecule has 2 aromatic carbocycles. The number of hydrogen-bond donors (Lipinski definition) is 0. The summed E-state index contributed by atoms with van der Waals surface area (Å²) in [5.41, 5.74) is 3.22. The van der Waals surface area contributed by atoms with Gasteiger partial charge in [-0.3, -0.25) is 9.59 Å². The van der Waals surface area contributed by atoms with Gasteiger partial charge in [0.05, 0.1) is 20.2 Å². The van der Waals surface area contributed by atoms with E-state index in [1.54, 1.807) is 12.0 Å². The number of benzene rings is 2. The Hall–Kier alpha value is -3.54. The van der Waals surface area contributed by atoms with Crippen LogP contribution >= 0.6 is 0 Å². The molecule has 2 amide bonds. The van der Waals surface area contributed by atoms with Gasteiger partial charge in [0.2, 0.25) is 11.8 Å². The Balaban J connectivity index is 1.82. The van der Waals surface area contributed by atoms with Crippen molar-refractivity contribution in [3.63, 3.8) is 0 Å². The average molecular weight is 476 g/mol. The van der Waals surface area contributed by atoms with E-state index in [2.05, 4.69) is 16.7 Å². The van der Waals surface area contributed by atoms with Gasteiger partial charge in [-0.1, -0.05) is 63.2 Å². The molecule has 6 nitrogen and oxygen atoms in total. The first-order chi connectivity index (χ1) is 16.9. The quantitative estimate of drug-likeness (QED) is 0.372. The molecule has 0 atom stereocenters. The summed E-state index contributed by atoms with van der Waals surface area (Å²) in [6.45, 7) is 8.08. The number of nitrogens with zero attached hydrogens (tertiary/aromatic N) is 3. The summed E-state index contributed by atoms with van der Waals surface area (Å²) in [4.78, 5) is 29.8. The lowest BCUT2D eigenvalue weighted by molar-refractivity contribution is -0.143. The average Bonchev–Trinajstić information content (AvgIpc) is 3.29. The second kappa shape index (κ2) is 12.8. The third-order valence-corrected chi connectivity index (χ3v) is 5.96. The van der Waals surface area contributed by atoms with Crippen molar-refractivity contribution in [3.05, 3.63) is 89.7 Å². The van der Waals surface area contributed by atoms with E-state index in [0.717, 1.165) is 29.0 Å². The number of carbonyl (C=O) groups is 2. The van der Waals surface area contributed by atoms with Gasteiger partial charge in [0.25, 0.3) is 0 Å². The van der Waals surface area contributed by atoms with Crippen molar-refractivity contribution in [2.45, 2.75) is 46.8 Å². The van der Waals surface area contributed by atoms with Crippen LogP contribution in [0.15, 0.2) is 72.9 Å². The number of carbonyl (C=O) groups excluding carboxylic acids is 2. The molecule has 0 N–H and O–H groups in total. The van der Waals surface area contributed by atoms with Gasteiger partial charge in [-0.15, -0.1) is 0 Å². The standard InChI is InChI=1S/C29H37N3O3/c1-5-16-31(29(34)23(2)3)22-28(33)32(19-24-11-7-6-8-12-24)21-26-14-10-17-30(26)20-25-13-9-15-27(18-25)35-4/h6-15,17-18,23H,5,16,19-22H2,1-4H3. The molecule has 186 valence electrons. The number of methoxy groups -OCH3 is 1. The van der Waals surface area contributed by atoms with Gasteiger partial charge in [0, 0.05) is 37.4 Å². The highest BCUT2D eigenvalue weighted by molar-refractivity contribution is 5.85. The van der Waals surface area contributed by atoms with E-state index in [-0.39, 0.29) is 24.3 Å². The van der Waals surface area contributed by atoms with Gasteiger partial charge < -0.3 is 19.1 Å². The van der Waals surface area contributed by atoms with Gasteiger partial charge in [0.15, 0.2) is 0 Å². The van der Waals surface area contributed by atoms with Crippen molar-refractivity contribution in [3.8, 4) is 5.75 Å². The number of aromatic nitrogens is 1. The minimum Gasteiger partial charge on any atom is -0.497 e. The van der Waals surface area contributed by atoms with Crippen LogP contribution in [-0.4, -0.2) is 46.4 Å². The zero-order chi connectivity index (χ0) is 25.2. The molecule has 0 aliphatic heterocycles. The van der Waals surface area contributed by atoms with Crippen molar-refractivity contribution in [2.75, 3.05) is 20.2 Å². The van der Waals surface area contributed by atoms with Crippen molar-refractivity contribution >= 4 is 11.8 Å². The summed E-state index contributed by atoms with van der Waals surface area (Å²) < 4.78 is 7.52. The van der Waals surface area contributed by atoms with E-state index in [1.807, 2.05) is 86.5 Å². The van der Waals surface area contributed by atoms with Crippen LogP contribution in [-0.2, 0) is 29.2 Å². The molecule has 0 saturated heterocycles. The molecule has 35 heavy (non-hydrogen) atoms. The van der Waals surface area contributed by atoms with Crippen molar-refractivity contribution < 1.29 is 14.3 Å². The van der Waals surface area contributed by atoms with Crippen molar-refractivity contribution in [2.24, 2.45) is 5.92 Å². The first-order valence-corrected chi connectivity index (χ1v) is 12.3. The molecule has 1 heterocycles. The number of rotatable bonds is 12. The van der Waals surface area contributed by atoms with Gasteiger partial charge in [-0.05, 0) is 41.8 Å². The van der Waals surface area contributed by atoms with E-state index in [1.165, 1.54) is 0 Å². The maximum atomic E-state index is 13.5. The summed E-state index contributed by atoms with van der Waals surface area (Å²) in [5, 5.41) is 0. The van der Waals surface area contributed by atoms with Crippen LogP contribution in [0, 0.1) is 5.92 Å². The molecule has 0 spiro atoms. The molecule has 0 bridgehead atoms. The molecular formula is C29H37N3O3. The summed E-state index contributed by atoms with van der Waals surface area (Å²) >= 11 is 0. The van der Waals surface area contributed by atoms with E-state index >= 15 is 0 Å². The van der Waals surface area contributed by atoms with E-state index in [0.29, 0.717) is 26.2 Å². The molecule has 0 radical (unpaired) electrons. The lowest BCUT2D eigenvalue weighted by Crippen LogP contribution is -2.44. The fourth-order valence-corrected chi connectivity index (χ4v) is 4.11. The van der Waals surface area contributed by atoms with Crippen LogP contribution in [0.25, 0.3) is 0 Å².